The van der Waals surface area contributed by atoms with E-state index >= 15 is 0 Å². The standard InChI is InChI=1S/C19H22NO2/c1-18(2)12-13-19(3,20(18)22)16-8-4-14(5-9-16)15-6-10-17(21)11-7-15/h4-11,21H,12-13H2,1-3H3/t19-/m0/s1. The number of hydrogen-bond donors (Lipinski definition) is 1. The Balaban J connectivity index is 1.90. The molecule has 0 aromatic heterocycles. The van der Waals surface area contributed by atoms with Crippen molar-refractivity contribution in [2.75, 3.05) is 0 Å². The molecule has 0 aliphatic carbocycles. The third kappa shape index (κ3) is 2.40. The summed E-state index contributed by atoms with van der Waals surface area (Å²) in [7, 11) is 0. The van der Waals surface area contributed by atoms with Crippen molar-refractivity contribution in [2.24, 2.45) is 0 Å². The van der Waals surface area contributed by atoms with Crippen molar-refractivity contribution in [3.05, 3.63) is 54.1 Å². The summed E-state index contributed by atoms with van der Waals surface area (Å²) >= 11 is 0. The van der Waals surface area contributed by atoms with Crippen molar-refractivity contribution in [3.63, 3.8) is 0 Å². The summed E-state index contributed by atoms with van der Waals surface area (Å²) in [5.74, 6) is 0.267. The summed E-state index contributed by atoms with van der Waals surface area (Å²) in [6.45, 7) is 6.05. The maximum Gasteiger partial charge on any atom is 0.115 e. The number of rotatable bonds is 2. The summed E-state index contributed by atoms with van der Waals surface area (Å²) in [4.78, 5) is 0. The van der Waals surface area contributed by atoms with E-state index in [0.29, 0.717) is 0 Å². The van der Waals surface area contributed by atoms with Gasteiger partial charge in [-0.3, -0.25) is 0 Å². The molecule has 1 heterocycles. The summed E-state index contributed by atoms with van der Waals surface area (Å²) in [6, 6.07) is 15.4. The molecule has 0 bridgehead atoms. The smallest absolute Gasteiger partial charge is 0.115 e. The van der Waals surface area contributed by atoms with E-state index in [0.717, 1.165) is 29.5 Å². The van der Waals surface area contributed by atoms with Crippen LogP contribution in [0.2, 0.25) is 0 Å². The highest BCUT2D eigenvalue weighted by molar-refractivity contribution is 5.64. The lowest BCUT2D eigenvalue weighted by molar-refractivity contribution is -0.252. The molecule has 0 unspecified atom stereocenters. The zero-order valence-electron chi connectivity index (χ0n) is 13.3. The lowest BCUT2D eigenvalue weighted by Gasteiger charge is -2.35. The Morgan fingerprint density at radius 3 is 1.82 bits per heavy atom. The van der Waals surface area contributed by atoms with E-state index in [9.17, 15) is 10.3 Å². The second-order valence-electron chi connectivity index (χ2n) is 7.00. The third-order valence-corrected chi connectivity index (χ3v) is 4.93. The molecule has 3 heteroatoms. The van der Waals surface area contributed by atoms with E-state index in [1.54, 1.807) is 12.1 Å². The van der Waals surface area contributed by atoms with Gasteiger partial charge in [0.25, 0.3) is 0 Å². The molecule has 1 fully saturated rings. The predicted octanol–water partition coefficient (Wildman–Crippen LogP) is 4.49. The molecule has 3 rings (SSSR count). The van der Waals surface area contributed by atoms with Crippen molar-refractivity contribution in [1.29, 1.82) is 0 Å². The van der Waals surface area contributed by atoms with E-state index in [1.807, 2.05) is 45.0 Å². The number of aromatic hydroxyl groups is 1. The molecule has 1 N–H and O–H groups in total. The SMILES string of the molecule is CC1(C)CC[C@@](C)(c2ccc(-c3ccc(O)cc3)cc2)N1[O]. The minimum atomic E-state index is -0.447. The first-order valence-corrected chi connectivity index (χ1v) is 7.70. The Labute approximate surface area is 131 Å². The third-order valence-electron chi connectivity index (χ3n) is 4.93. The van der Waals surface area contributed by atoms with Crippen LogP contribution in [-0.2, 0) is 10.7 Å². The largest absolute Gasteiger partial charge is 0.508 e. The van der Waals surface area contributed by atoms with Crippen LogP contribution in [0.5, 0.6) is 5.75 Å². The first-order chi connectivity index (χ1) is 10.3. The average Bonchev–Trinajstić information content (AvgIpc) is 2.73. The molecule has 1 radical (unpaired) electrons. The van der Waals surface area contributed by atoms with E-state index in [1.165, 1.54) is 5.06 Å². The number of phenols is 1. The molecule has 115 valence electrons. The molecule has 0 amide bonds. The Bertz CT molecular complexity index is 661. The van der Waals surface area contributed by atoms with Gasteiger partial charge in [-0.1, -0.05) is 36.4 Å². The van der Waals surface area contributed by atoms with Crippen LogP contribution in [0.15, 0.2) is 48.5 Å². The Hall–Kier alpha value is -1.84. The highest BCUT2D eigenvalue weighted by Crippen LogP contribution is 2.46. The van der Waals surface area contributed by atoms with Gasteiger partial charge in [-0.25, -0.2) is 0 Å². The molecule has 1 aliphatic rings. The maximum atomic E-state index is 12.6. The first-order valence-electron chi connectivity index (χ1n) is 7.70. The quantitative estimate of drug-likeness (QED) is 0.887. The van der Waals surface area contributed by atoms with Crippen molar-refractivity contribution in [2.45, 2.75) is 44.7 Å². The van der Waals surface area contributed by atoms with Crippen molar-refractivity contribution in [1.82, 2.24) is 5.06 Å². The van der Waals surface area contributed by atoms with Crippen LogP contribution >= 0.6 is 0 Å². The highest BCUT2D eigenvalue weighted by Gasteiger charge is 2.49. The van der Waals surface area contributed by atoms with Gasteiger partial charge in [0.1, 0.15) is 5.75 Å². The topological polar surface area (TPSA) is 43.4 Å². The minimum Gasteiger partial charge on any atom is -0.508 e. The van der Waals surface area contributed by atoms with Gasteiger partial charge in [-0.05, 0) is 62.4 Å². The van der Waals surface area contributed by atoms with Gasteiger partial charge in [0, 0.05) is 5.54 Å². The van der Waals surface area contributed by atoms with Crippen LogP contribution in [0.4, 0.5) is 0 Å². The molecule has 3 nitrogen and oxygen atoms in total. The van der Waals surface area contributed by atoms with E-state index in [4.69, 9.17) is 0 Å². The number of benzene rings is 2. The Morgan fingerprint density at radius 1 is 0.864 bits per heavy atom. The van der Waals surface area contributed by atoms with Crippen LogP contribution < -0.4 is 0 Å². The number of hydroxylamine groups is 2. The van der Waals surface area contributed by atoms with Crippen molar-refractivity contribution < 1.29 is 10.3 Å². The van der Waals surface area contributed by atoms with Gasteiger partial charge >= 0.3 is 0 Å². The molecule has 1 aliphatic heterocycles. The Kier molecular flexibility index (Phi) is 3.50. The number of hydrogen-bond acceptors (Lipinski definition) is 2. The van der Waals surface area contributed by atoms with Crippen LogP contribution in [-0.4, -0.2) is 15.7 Å². The summed E-state index contributed by atoms with van der Waals surface area (Å²) in [5, 5.41) is 23.3. The van der Waals surface area contributed by atoms with Crippen LogP contribution in [0.25, 0.3) is 11.1 Å². The molecule has 2 aromatic carbocycles. The molecule has 2 aromatic rings. The molecule has 0 spiro atoms. The van der Waals surface area contributed by atoms with Gasteiger partial charge in [-0.15, -0.1) is 10.3 Å². The zero-order valence-corrected chi connectivity index (χ0v) is 13.3. The van der Waals surface area contributed by atoms with E-state index in [-0.39, 0.29) is 11.3 Å². The normalized spacial score (nSPS) is 24.5. The van der Waals surface area contributed by atoms with Gasteiger partial charge in [-0.2, -0.15) is 0 Å². The van der Waals surface area contributed by atoms with Gasteiger partial charge in [0.05, 0.1) is 5.54 Å². The highest BCUT2D eigenvalue weighted by atomic mass is 16.5. The van der Waals surface area contributed by atoms with Crippen molar-refractivity contribution in [3.8, 4) is 16.9 Å². The zero-order chi connectivity index (χ0) is 16.0. The summed E-state index contributed by atoms with van der Waals surface area (Å²) < 4.78 is 0. The minimum absolute atomic E-state index is 0.267. The van der Waals surface area contributed by atoms with E-state index in [2.05, 4.69) is 12.1 Å². The lowest BCUT2D eigenvalue weighted by atomic mass is 9.89. The van der Waals surface area contributed by atoms with Crippen molar-refractivity contribution >= 4 is 0 Å². The fourth-order valence-corrected chi connectivity index (χ4v) is 3.36. The van der Waals surface area contributed by atoms with Crippen LogP contribution in [0.3, 0.4) is 0 Å². The summed E-state index contributed by atoms with van der Waals surface area (Å²) in [6.07, 6.45) is 1.79. The molecule has 1 atom stereocenters. The molecular formula is C19H22NO2. The molecule has 22 heavy (non-hydrogen) atoms. The molecule has 1 saturated heterocycles. The second kappa shape index (κ2) is 5.11. The fourth-order valence-electron chi connectivity index (χ4n) is 3.36. The number of phenolic OH excluding ortho intramolecular Hbond substituents is 1. The lowest BCUT2D eigenvalue weighted by Crippen LogP contribution is -2.44. The monoisotopic (exact) mass is 296 g/mol. The molecular weight excluding hydrogens is 274 g/mol. The Morgan fingerprint density at radius 2 is 1.36 bits per heavy atom. The van der Waals surface area contributed by atoms with E-state index < -0.39 is 5.54 Å². The van der Waals surface area contributed by atoms with Gasteiger partial charge in [0.2, 0.25) is 0 Å². The number of nitrogens with zero attached hydrogens (tertiary/aromatic N) is 1. The van der Waals surface area contributed by atoms with Gasteiger partial charge in [0.15, 0.2) is 0 Å². The second-order valence-corrected chi connectivity index (χ2v) is 7.00. The molecule has 0 saturated carbocycles. The van der Waals surface area contributed by atoms with Crippen LogP contribution in [0, 0.1) is 0 Å². The fraction of sp³-hybridized carbons (Fsp3) is 0.368. The first kappa shape index (κ1) is 15.1. The van der Waals surface area contributed by atoms with Gasteiger partial charge < -0.3 is 5.11 Å². The average molecular weight is 296 g/mol. The predicted molar refractivity (Wildman–Crippen MR) is 86.7 cm³/mol. The maximum absolute atomic E-state index is 12.6. The van der Waals surface area contributed by atoms with Crippen LogP contribution in [0.1, 0.15) is 39.2 Å². The summed E-state index contributed by atoms with van der Waals surface area (Å²) in [5.41, 5.74) is 2.46.